The zero-order chi connectivity index (χ0) is 7.98. The van der Waals surface area contributed by atoms with E-state index < -0.39 is 0 Å². The summed E-state index contributed by atoms with van der Waals surface area (Å²) in [5.74, 6) is 11.7. The van der Waals surface area contributed by atoms with Crippen molar-refractivity contribution in [2.75, 3.05) is 12.9 Å². The van der Waals surface area contributed by atoms with Crippen LogP contribution < -0.4 is 11.7 Å². The first-order chi connectivity index (χ1) is 4.72. The van der Waals surface area contributed by atoms with Crippen LogP contribution in [-0.4, -0.2) is 23.8 Å². The Morgan fingerprint density at radius 1 is 1.70 bits per heavy atom. The molecule has 0 aromatic rings. The highest BCUT2D eigenvalue weighted by Gasteiger charge is 1.99. The lowest BCUT2D eigenvalue weighted by Crippen LogP contribution is -2.34. The van der Waals surface area contributed by atoms with Gasteiger partial charge in [0.15, 0.2) is 0 Å². The number of amidine groups is 1. The van der Waals surface area contributed by atoms with E-state index in [0.29, 0.717) is 11.7 Å². The fraction of sp³-hybridized carbons (Fsp3) is 0.800. The van der Waals surface area contributed by atoms with Gasteiger partial charge in [-0.1, -0.05) is 0 Å². The minimum absolute atomic E-state index is 0.604. The van der Waals surface area contributed by atoms with Crippen LogP contribution in [0.25, 0.3) is 0 Å². The van der Waals surface area contributed by atoms with Gasteiger partial charge in [-0.3, -0.25) is 0 Å². The molecule has 60 valence electrons. The number of nitrogens with two attached hydrogens (primary N) is 2. The number of hydrogen-bond donors (Lipinski definition) is 2. The summed E-state index contributed by atoms with van der Waals surface area (Å²) >= 11 is 5.45. The number of halogens is 1. The van der Waals surface area contributed by atoms with Gasteiger partial charge in [-0.15, -0.1) is 11.6 Å². The molecule has 0 atom stereocenters. The third-order valence-electron chi connectivity index (χ3n) is 1.09. The molecule has 0 aromatic carbocycles. The number of hydrazine groups is 1. The smallest absolute Gasteiger partial charge is 0.138 e. The lowest BCUT2D eigenvalue weighted by molar-refractivity contribution is 0.520. The van der Waals surface area contributed by atoms with Gasteiger partial charge in [0.05, 0.1) is 0 Å². The Morgan fingerprint density at radius 2 is 2.30 bits per heavy atom. The molecule has 0 amide bonds. The van der Waals surface area contributed by atoms with Crippen LogP contribution in [0.3, 0.4) is 0 Å². The zero-order valence-corrected chi connectivity index (χ0v) is 6.80. The zero-order valence-electron chi connectivity index (χ0n) is 6.05. The molecule has 0 aromatic heterocycles. The second kappa shape index (κ2) is 5.32. The molecule has 4 N–H and O–H groups in total. The van der Waals surface area contributed by atoms with Crippen molar-refractivity contribution >= 4 is 17.4 Å². The summed E-state index contributed by atoms with van der Waals surface area (Å²) in [6.07, 6.45) is 1.58. The monoisotopic (exact) mass is 164 g/mol. The van der Waals surface area contributed by atoms with Gasteiger partial charge in [0, 0.05) is 19.3 Å². The van der Waals surface area contributed by atoms with Crippen LogP contribution in [-0.2, 0) is 0 Å². The maximum Gasteiger partial charge on any atom is 0.138 e. The topological polar surface area (TPSA) is 67.6 Å². The van der Waals surface area contributed by atoms with Crippen molar-refractivity contribution in [3.63, 3.8) is 0 Å². The fourth-order valence-corrected chi connectivity index (χ4v) is 0.691. The van der Waals surface area contributed by atoms with E-state index in [-0.39, 0.29) is 0 Å². The molecule has 0 radical (unpaired) electrons. The number of rotatable bonds is 3. The van der Waals surface area contributed by atoms with Crippen molar-refractivity contribution in [3.8, 4) is 0 Å². The normalized spacial score (nSPS) is 11.7. The molecule has 0 saturated carbocycles. The molecule has 10 heavy (non-hydrogen) atoms. The Labute approximate surface area is 65.8 Å². The minimum atomic E-state index is 0.604. The summed E-state index contributed by atoms with van der Waals surface area (Å²) in [6.45, 7) is 0. The number of hydrazone groups is 1. The van der Waals surface area contributed by atoms with Crippen LogP contribution in [0.2, 0.25) is 0 Å². The van der Waals surface area contributed by atoms with Gasteiger partial charge in [0.25, 0.3) is 0 Å². The molecular weight excluding hydrogens is 152 g/mol. The first-order valence-electron chi connectivity index (χ1n) is 3.03. The Bertz CT molecular complexity index is 112. The third kappa shape index (κ3) is 3.53. The van der Waals surface area contributed by atoms with E-state index in [1.165, 1.54) is 5.01 Å². The highest BCUT2D eigenvalue weighted by atomic mass is 35.5. The molecule has 0 rings (SSSR count). The van der Waals surface area contributed by atoms with E-state index in [4.69, 9.17) is 23.3 Å². The van der Waals surface area contributed by atoms with Crippen LogP contribution in [0, 0.1) is 0 Å². The van der Waals surface area contributed by atoms with Crippen LogP contribution in [0.1, 0.15) is 12.8 Å². The molecule has 0 fully saturated rings. The summed E-state index contributed by atoms with van der Waals surface area (Å²) in [5, 5.41) is 4.88. The number of alkyl halides is 1. The van der Waals surface area contributed by atoms with Gasteiger partial charge in [-0.2, -0.15) is 5.10 Å². The molecule has 0 unspecified atom stereocenters. The standard InChI is InChI=1S/C5H13ClN4/c1-10(8)5(9-7)3-2-4-6/h2-4,7-8H2,1H3/b9-5-. The molecule has 0 spiro atoms. The van der Waals surface area contributed by atoms with Gasteiger partial charge in [0.2, 0.25) is 0 Å². The Kier molecular flexibility index (Phi) is 5.06. The van der Waals surface area contributed by atoms with Crippen molar-refractivity contribution in [1.29, 1.82) is 0 Å². The molecule has 0 aliphatic carbocycles. The fourth-order valence-electron chi connectivity index (χ4n) is 0.557. The quantitative estimate of drug-likeness (QED) is 0.204. The van der Waals surface area contributed by atoms with Gasteiger partial charge in [-0.25, -0.2) is 5.84 Å². The first-order valence-corrected chi connectivity index (χ1v) is 3.57. The van der Waals surface area contributed by atoms with E-state index in [1.807, 2.05) is 0 Å². The summed E-state index contributed by atoms with van der Waals surface area (Å²) in [5.41, 5.74) is 0. The molecule has 0 aliphatic rings. The molecule has 0 saturated heterocycles. The van der Waals surface area contributed by atoms with E-state index in [1.54, 1.807) is 7.05 Å². The van der Waals surface area contributed by atoms with Crippen LogP contribution >= 0.6 is 11.6 Å². The van der Waals surface area contributed by atoms with E-state index in [2.05, 4.69) is 5.10 Å². The highest BCUT2D eigenvalue weighted by Crippen LogP contribution is 1.95. The van der Waals surface area contributed by atoms with Crippen molar-refractivity contribution in [2.45, 2.75) is 12.8 Å². The lowest BCUT2D eigenvalue weighted by atomic mass is 10.3. The average molecular weight is 165 g/mol. The van der Waals surface area contributed by atoms with Crippen LogP contribution in [0.5, 0.6) is 0 Å². The summed E-state index contributed by atoms with van der Waals surface area (Å²) in [7, 11) is 1.69. The van der Waals surface area contributed by atoms with Crippen LogP contribution in [0.15, 0.2) is 5.10 Å². The summed E-state index contributed by atoms with van der Waals surface area (Å²) in [6, 6.07) is 0. The van der Waals surface area contributed by atoms with Crippen molar-refractivity contribution in [1.82, 2.24) is 5.01 Å². The van der Waals surface area contributed by atoms with Gasteiger partial charge >= 0.3 is 0 Å². The number of nitrogens with zero attached hydrogens (tertiary/aromatic N) is 2. The summed E-state index contributed by atoms with van der Waals surface area (Å²) < 4.78 is 0. The van der Waals surface area contributed by atoms with Crippen molar-refractivity contribution < 1.29 is 0 Å². The summed E-state index contributed by atoms with van der Waals surface area (Å²) in [4.78, 5) is 0. The van der Waals surface area contributed by atoms with Crippen molar-refractivity contribution in [3.05, 3.63) is 0 Å². The Hall–Kier alpha value is -0.480. The minimum Gasteiger partial charge on any atom is -0.322 e. The molecular formula is C5H13ClN4. The molecule has 0 bridgehead atoms. The average Bonchev–Trinajstić information content (AvgIpc) is 1.89. The van der Waals surface area contributed by atoms with Crippen LogP contribution in [0.4, 0.5) is 0 Å². The maximum atomic E-state index is 5.45. The number of hydrogen-bond acceptors (Lipinski definition) is 3. The second-order valence-corrected chi connectivity index (χ2v) is 2.33. The van der Waals surface area contributed by atoms with Gasteiger partial charge in [0.1, 0.15) is 5.84 Å². The third-order valence-corrected chi connectivity index (χ3v) is 1.36. The lowest BCUT2D eigenvalue weighted by Gasteiger charge is -2.12. The largest absolute Gasteiger partial charge is 0.322 e. The van der Waals surface area contributed by atoms with Gasteiger partial charge in [-0.05, 0) is 6.42 Å². The predicted octanol–water partition coefficient (Wildman–Crippen LogP) is 0.0831. The van der Waals surface area contributed by atoms with Gasteiger partial charge < -0.3 is 10.9 Å². The van der Waals surface area contributed by atoms with E-state index in [9.17, 15) is 0 Å². The SMILES string of the molecule is CN(N)/C(CCCCl)=N\N. The van der Waals surface area contributed by atoms with Crippen molar-refractivity contribution in [2.24, 2.45) is 16.8 Å². The Balaban J connectivity index is 3.63. The molecule has 5 heteroatoms. The highest BCUT2D eigenvalue weighted by molar-refractivity contribution is 6.17. The Morgan fingerprint density at radius 3 is 2.60 bits per heavy atom. The maximum absolute atomic E-state index is 5.45. The predicted molar refractivity (Wildman–Crippen MR) is 43.5 cm³/mol. The molecule has 0 heterocycles. The molecule has 4 nitrogen and oxygen atoms in total. The first kappa shape index (κ1) is 9.52. The van der Waals surface area contributed by atoms with E-state index in [0.717, 1.165) is 12.8 Å². The molecule has 0 aliphatic heterocycles. The second-order valence-electron chi connectivity index (χ2n) is 1.95. The van der Waals surface area contributed by atoms with E-state index >= 15 is 0 Å².